The van der Waals surface area contributed by atoms with E-state index in [1.165, 1.54) is 19.1 Å². The number of carbonyl (C=O) groups is 4. The lowest BCUT2D eigenvalue weighted by molar-refractivity contribution is 0.0683. The zero-order valence-electron chi connectivity index (χ0n) is 18.5. The predicted octanol–water partition coefficient (Wildman–Crippen LogP) is 5.32. The number of carbonyl (C=O) groups excluding carboxylic acids is 2. The third kappa shape index (κ3) is 3.65. The molecule has 0 radical (unpaired) electrons. The fourth-order valence-electron chi connectivity index (χ4n) is 4.39. The topological polar surface area (TPSA) is 109 Å². The van der Waals surface area contributed by atoms with Crippen LogP contribution in [0.15, 0.2) is 72.8 Å². The van der Waals surface area contributed by atoms with E-state index in [9.17, 15) is 29.4 Å². The summed E-state index contributed by atoms with van der Waals surface area (Å²) in [7, 11) is 0. The summed E-state index contributed by atoms with van der Waals surface area (Å²) in [6.07, 6.45) is 0. The molecule has 0 aliphatic carbocycles. The maximum absolute atomic E-state index is 13.7. The molecule has 0 saturated heterocycles. The molecule has 168 valence electrons. The van der Waals surface area contributed by atoms with Crippen molar-refractivity contribution in [2.75, 3.05) is 0 Å². The Bertz CT molecular complexity index is 1480. The first-order valence-electron chi connectivity index (χ1n) is 10.5. The molecule has 0 fully saturated rings. The van der Waals surface area contributed by atoms with Gasteiger partial charge in [-0.3, -0.25) is 9.59 Å². The van der Waals surface area contributed by atoms with Crippen molar-refractivity contribution in [2.24, 2.45) is 0 Å². The van der Waals surface area contributed by atoms with Gasteiger partial charge in [-0.25, -0.2) is 9.59 Å². The molecule has 0 atom stereocenters. The molecule has 0 heterocycles. The Morgan fingerprint density at radius 2 is 1.06 bits per heavy atom. The number of rotatable bonds is 6. The Morgan fingerprint density at radius 3 is 1.53 bits per heavy atom. The van der Waals surface area contributed by atoms with E-state index in [1.54, 1.807) is 67.6 Å². The van der Waals surface area contributed by atoms with Crippen LogP contribution in [0.4, 0.5) is 0 Å². The minimum absolute atomic E-state index is 0.00609. The number of aromatic carboxylic acids is 2. The number of fused-ring (bicyclic) bond motifs is 1. The highest BCUT2D eigenvalue weighted by Crippen LogP contribution is 2.36. The van der Waals surface area contributed by atoms with Crippen molar-refractivity contribution in [3.05, 3.63) is 117 Å². The number of carboxylic acids is 2. The summed E-state index contributed by atoms with van der Waals surface area (Å²) in [5.41, 5.74) is 0.641. The maximum atomic E-state index is 13.7. The number of aryl methyl sites for hydroxylation is 1. The molecule has 0 bridgehead atoms. The summed E-state index contributed by atoms with van der Waals surface area (Å²) in [5.74, 6) is -3.59. The van der Waals surface area contributed by atoms with Crippen molar-refractivity contribution in [3.8, 4) is 0 Å². The molecule has 0 saturated carbocycles. The van der Waals surface area contributed by atoms with Gasteiger partial charge in [0.15, 0.2) is 11.6 Å². The summed E-state index contributed by atoms with van der Waals surface area (Å²) in [5, 5.41) is 20.3. The first kappa shape index (κ1) is 22.6. The van der Waals surface area contributed by atoms with Gasteiger partial charge < -0.3 is 10.2 Å². The molecule has 0 aromatic heterocycles. The van der Waals surface area contributed by atoms with E-state index in [0.29, 0.717) is 16.5 Å². The summed E-state index contributed by atoms with van der Waals surface area (Å²) in [6.45, 7) is 3.10. The minimum atomic E-state index is -1.32. The van der Waals surface area contributed by atoms with Gasteiger partial charge in [0.2, 0.25) is 0 Å². The molecule has 2 N–H and O–H groups in total. The largest absolute Gasteiger partial charge is 0.478 e. The molecular formula is C28H20O6. The van der Waals surface area contributed by atoms with E-state index in [0.717, 1.165) is 0 Å². The molecule has 0 aliphatic rings. The standard InChI is InChI=1S/C28H20O6/c1-15-19-13-14-20(27(31)32)24(26(30)18-11-7-4-8-12-18)23(19)22(16(2)21(15)28(33)34)25(29)17-9-5-3-6-10-17/h3-14H,1-2H3,(H,31,32)(H,33,34). The van der Waals surface area contributed by atoms with Gasteiger partial charge in [-0.05, 0) is 36.4 Å². The van der Waals surface area contributed by atoms with Gasteiger partial charge in [0.25, 0.3) is 0 Å². The molecule has 4 aromatic rings. The lowest BCUT2D eigenvalue weighted by atomic mass is 9.82. The predicted molar refractivity (Wildman–Crippen MR) is 127 cm³/mol. The Kier molecular flexibility index (Phi) is 5.82. The van der Waals surface area contributed by atoms with Crippen molar-refractivity contribution in [1.82, 2.24) is 0 Å². The molecular weight excluding hydrogens is 432 g/mol. The molecule has 34 heavy (non-hydrogen) atoms. The average Bonchev–Trinajstić information content (AvgIpc) is 2.83. The molecule has 0 unspecified atom stereocenters. The number of carboxylic acid groups (broad SMARTS) is 2. The van der Waals surface area contributed by atoms with Gasteiger partial charge in [-0.2, -0.15) is 0 Å². The molecule has 6 nitrogen and oxygen atoms in total. The molecule has 0 amide bonds. The quantitative estimate of drug-likeness (QED) is 0.384. The highest BCUT2D eigenvalue weighted by atomic mass is 16.4. The third-order valence-electron chi connectivity index (χ3n) is 5.95. The third-order valence-corrected chi connectivity index (χ3v) is 5.95. The van der Waals surface area contributed by atoms with Crippen molar-refractivity contribution >= 4 is 34.3 Å². The van der Waals surface area contributed by atoms with E-state index in [1.807, 2.05) is 0 Å². The summed E-state index contributed by atoms with van der Waals surface area (Å²) < 4.78 is 0. The highest BCUT2D eigenvalue weighted by Gasteiger charge is 2.30. The molecule has 4 aromatic carbocycles. The molecule has 4 rings (SSSR count). The second-order valence-electron chi connectivity index (χ2n) is 7.91. The zero-order chi connectivity index (χ0) is 24.6. The Labute approximate surface area is 195 Å². The monoisotopic (exact) mass is 452 g/mol. The smallest absolute Gasteiger partial charge is 0.336 e. The molecule has 6 heteroatoms. The van der Waals surface area contributed by atoms with Crippen LogP contribution in [-0.2, 0) is 0 Å². The first-order valence-corrected chi connectivity index (χ1v) is 10.5. The van der Waals surface area contributed by atoms with E-state index in [2.05, 4.69) is 0 Å². The van der Waals surface area contributed by atoms with Crippen molar-refractivity contribution in [1.29, 1.82) is 0 Å². The van der Waals surface area contributed by atoms with Crippen molar-refractivity contribution in [3.63, 3.8) is 0 Å². The summed E-state index contributed by atoms with van der Waals surface area (Å²) in [6, 6.07) is 19.2. The van der Waals surface area contributed by atoms with Gasteiger partial charge >= 0.3 is 11.9 Å². The van der Waals surface area contributed by atoms with Gasteiger partial charge in [-0.1, -0.05) is 66.7 Å². The summed E-state index contributed by atoms with van der Waals surface area (Å²) in [4.78, 5) is 51.7. The van der Waals surface area contributed by atoms with Gasteiger partial charge in [0.05, 0.1) is 11.1 Å². The van der Waals surface area contributed by atoms with E-state index in [4.69, 9.17) is 0 Å². The SMILES string of the molecule is Cc1c(C(=O)O)c(C)c2ccc(C(=O)O)c(C(=O)c3ccccc3)c2c1C(=O)c1ccccc1. The van der Waals surface area contributed by atoms with Crippen LogP contribution in [0, 0.1) is 13.8 Å². The highest BCUT2D eigenvalue weighted by molar-refractivity contribution is 6.28. The lowest BCUT2D eigenvalue weighted by Gasteiger charge is -2.20. The fourth-order valence-corrected chi connectivity index (χ4v) is 4.39. The number of benzene rings is 4. The van der Waals surface area contributed by atoms with Crippen LogP contribution in [-0.4, -0.2) is 33.7 Å². The van der Waals surface area contributed by atoms with Crippen LogP contribution in [0.1, 0.15) is 63.7 Å². The normalized spacial score (nSPS) is 10.8. The first-order chi connectivity index (χ1) is 16.2. The Morgan fingerprint density at radius 1 is 0.559 bits per heavy atom. The van der Waals surface area contributed by atoms with Crippen LogP contribution in [0.3, 0.4) is 0 Å². The second kappa shape index (κ2) is 8.75. The second-order valence-corrected chi connectivity index (χ2v) is 7.91. The van der Waals surface area contributed by atoms with Crippen LogP contribution in [0.5, 0.6) is 0 Å². The van der Waals surface area contributed by atoms with Crippen LogP contribution >= 0.6 is 0 Å². The van der Waals surface area contributed by atoms with Crippen LogP contribution < -0.4 is 0 Å². The van der Waals surface area contributed by atoms with Gasteiger partial charge in [-0.15, -0.1) is 0 Å². The minimum Gasteiger partial charge on any atom is -0.478 e. The van der Waals surface area contributed by atoms with Gasteiger partial charge in [0.1, 0.15) is 0 Å². The zero-order valence-corrected chi connectivity index (χ0v) is 18.5. The molecule has 0 spiro atoms. The Balaban J connectivity index is 2.23. The number of hydrogen-bond acceptors (Lipinski definition) is 4. The molecule has 0 aliphatic heterocycles. The number of hydrogen-bond donors (Lipinski definition) is 2. The lowest BCUT2D eigenvalue weighted by Crippen LogP contribution is -2.17. The maximum Gasteiger partial charge on any atom is 0.336 e. The van der Waals surface area contributed by atoms with Crippen molar-refractivity contribution < 1.29 is 29.4 Å². The van der Waals surface area contributed by atoms with E-state index in [-0.39, 0.29) is 38.8 Å². The van der Waals surface area contributed by atoms with E-state index < -0.39 is 23.5 Å². The number of ketones is 2. The van der Waals surface area contributed by atoms with E-state index >= 15 is 0 Å². The Hall–Kier alpha value is -4.58. The van der Waals surface area contributed by atoms with Crippen LogP contribution in [0.2, 0.25) is 0 Å². The van der Waals surface area contributed by atoms with Gasteiger partial charge in [0, 0.05) is 27.6 Å². The fraction of sp³-hybridized carbons (Fsp3) is 0.0714. The summed E-state index contributed by atoms with van der Waals surface area (Å²) >= 11 is 0. The van der Waals surface area contributed by atoms with Crippen LogP contribution in [0.25, 0.3) is 10.8 Å². The van der Waals surface area contributed by atoms with Crippen molar-refractivity contribution in [2.45, 2.75) is 13.8 Å². The average molecular weight is 452 g/mol.